The van der Waals surface area contributed by atoms with Gasteiger partial charge in [-0.25, -0.2) is 13.2 Å². The van der Waals surface area contributed by atoms with Gasteiger partial charge in [-0.05, 0) is 48.9 Å². The van der Waals surface area contributed by atoms with Crippen LogP contribution in [-0.4, -0.2) is 69.5 Å². The van der Waals surface area contributed by atoms with Crippen molar-refractivity contribution < 1.29 is 22.7 Å². The predicted octanol–water partition coefficient (Wildman–Crippen LogP) is 2.78. The Morgan fingerprint density at radius 2 is 1.47 bits per heavy atom. The molecule has 0 aromatic heterocycles. The average molecular weight is 434 g/mol. The number of urea groups is 1. The molecule has 3 rings (SSSR count). The fraction of sp³-hybridized carbons (Fsp3) is 0.381. The van der Waals surface area contributed by atoms with Crippen LogP contribution in [-0.2, 0) is 10.0 Å². The maximum Gasteiger partial charge on any atom is 0.321 e. The van der Waals surface area contributed by atoms with E-state index in [-0.39, 0.29) is 23.5 Å². The first-order valence-corrected chi connectivity index (χ1v) is 10.9. The van der Waals surface area contributed by atoms with Crippen molar-refractivity contribution >= 4 is 16.1 Å². The summed E-state index contributed by atoms with van der Waals surface area (Å²) in [5, 5.41) is 0. The SMILES string of the molecule is COc1ccc(C2N(C(=O)N(C)C)C(C)CN2S(=O)(=O)c2ccc(OC)cc2)cc1. The number of carbonyl (C=O) groups excluding carboxylic acids is 1. The quantitative estimate of drug-likeness (QED) is 0.725. The molecule has 9 heteroatoms. The molecule has 2 aromatic carbocycles. The molecular formula is C21H27N3O5S. The first kappa shape index (κ1) is 21.9. The van der Waals surface area contributed by atoms with Crippen LogP contribution in [0.1, 0.15) is 18.7 Å². The van der Waals surface area contributed by atoms with E-state index < -0.39 is 16.2 Å². The normalized spacial score (nSPS) is 19.6. The van der Waals surface area contributed by atoms with E-state index in [9.17, 15) is 13.2 Å². The minimum atomic E-state index is -3.87. The molecule has 1 aliphatic heterocycles. The molecule has 0 aliphatic carbocycles. The third-order valence-electron chi connectivity index (χ3n) is 5.14. The van der Waals surface area contributed by atoms with Crippen LogP contribution in [0.4, 0.5) is 4.79 Å². The summed E-state index contributed by atoms with van der Waals surface area (Å²) in [4.78, 5) is 16.1. The summed E-state index contributed by atoms with van der Waals surface area (Å²) in [6.07, 6.45) is -0.770. The van der Waals surface area contributed by atoms with Crippen LogP contribution in [0.15, 0.2) is 53.4 Å². The number of rotatable bonds is 5. The lowest BCUT2D eigenvalue weighted by molar-refractivity contribution is 0.138. The molecule has 2 amide bonds. The van der Waals surface area contributed by atoms with Crippen LogP contribution < -0.4 is 9.47 Å². The Balaban J connectivity index is 2.09. The number of amides is 2. The van der Waals surface area contributed by atoms with Gasteiger partial charge in [-0.3, -0.25) is 4.90 Å². The molecule has 2 atom stereocenters. The fourth-order valence-electron chi connectivity index (χ4n) is 3.57. The maximum absolute atomic E-state index is 13.5. The van der Waals surface area contributed by atoms with Gasteiger partial charge in [-0.15, -0.1) is 0 Å². The van der Waals surface area contributed by atoms with Gasteiger partial charge in [0.2, 0.25) is 10.0 Å². The molecule has 1 fully saturated rings. The molecule has 30 heavy (non-hydrogen) atoms. The first-order valence-electron chi connectivity index (χ1n) is 9.50. The van der Waals surface area contributed by atoms with Crippen LogP contribution in [0.25, 0.3) is 0 Å². The number of nitrogens with zero attached hydrogens (tertiary/aromatic N) is 3. The highest BCUT2D eigenvalue weighted by atomic mass is 32.2. The second-order valence-corrected chi connectivity index (χ2v) is 9.22. The topological polar surface area (TPSA) is 79.4 Å². The van der Waals surface area contributed by atoms with E-state index >= 15 is 0 Å². The van der Waals surface area contributed by atoms with Gasteiger partial charge in [0.15, 0.2) is 0 Å². The Bertz CT molecular complexity index is 990. The molecule has 0 saturated carbocycles. The monoisotopic (exact) mass is 433 g/mol. The molecular weight excluding hydrogens is 406 g/mol. The van der Waals surface area contributed by atoms with Gasteiger partial charge in [0.25, 0.3) is 0 Å². The number of sulfonamides is 1. The molecule has 1 saturated heterocycles. The molecule has 8 nitrogen and oxygen atoms in total. The summed E-state index contributed by atoms with van der Waals surface area (Å²) in [7, 11) is 2.53. The lowest BCUT2D eigenvalue weighted by Gasteiger charge is -2.33. The van der Waals surface area contributed by atoms with Crippen LogP contribution in [0.3, 0.4) is 0 Å². The van der Waals surface area contributed by atoms with Crippen LogP contribution in [0.5, 0.6) is 11.5 Å². The number of carbonyl (C=O) groups is 1. The molecule has 0 radical (unpaired) electrons. The third-order valence-corrected chi connectivity index (χ3v) is 6.97. The largest absolute Gasteiger partial charge is 0.497 e. The van der Waals surface area contributed by atoms with Gasteiger partial charge in [0.1, 0.15) is 17.7 Å². The zero-order valence-electron chi connectivity index (χ0n) is 17.8. The Kier molecular flexibility index (Phi) is 6.23. The summed E-state index contributed by atoms with van der Waals surface area (Å²) < 4.78 is 38.8. The van der Waals surface area contributed by atoms with Crippen molar-refractivity contribution in [2.24, 2.45) is 0 Å². The van der Waals surface area contributed by atoms with E-state index in [0.29, 0.717) is 17.1 Å². The van der Waals surface area contributed by atoms with E-state index in [4.69, 9.17) is 9.47 Å². The number of ether oxygens (including phenoxy) is 2. The Morgan fingerprint density at radius 3 is 1.93 bits per heavy atom. The maximum atomic E-state index is 13.5. The van der Waals surface area contributed by atoms with E-state index in [1.54, 1.807) is 62.5 Å². The van der Waals surface area contributed by atoms with E-state index in [0.717, 1.165) is 0 Å². The van der Waals surface area contributed by atoms with Crippen LogP contribution in [0.2, 0.25) is 0 Å². The van der Waals surface area contributed by atoms with Crippen LogP contribution in [0, 0.1) is 0 Å². The summed E-state index contributed by atoms with van der Waals surface area (Å²) >= 11 is 0. The average Bonchev–Trinajstić information content (AvgIpc) is 3.10. The minimum absolute atomic E-state index is 0.146. The van der Waals surface area contributed by atoms with Crippen LogP contribution >= 0.6 is 0 Å². The van der Waals surface area contributed by atoms with Crippen molar-refractivity contribution in [1.29, 1.82) is 0 Å². The lowest BCUT2D eigenvalue weighted by atomic mass is 10.1. The molecule has 0 N–H and O–H groups in total. The number of benzene rings is 2. The van der Waals surface area contributed by atoms with Crippen molar-refractivity contribution in [3.8, 4) is 11.5 Å². The molecule has 1 aliphatic rings. The summed E-state index contributed by atoms with van der Waals surface area (Å²) in [6.45, 7) is 2.03. The standard InChI is InChI=1S/C21H27N3O5S/c1-15-14-23(30(26,27)19-12-10-18(29-5)11-13-19)20(24(15)21(25)22(2)3)16-6-8-17(28-4)9-7-16/h6-13,15,20H,14H2,1-5H3. The zero-order chi connectivity index (χ0) is 22.1. The van der Waals surface area contributed by atoms with Crippen molar-refractivity contribution in [1.82, 2.24) is 14.1 Å². The van der Waals surface area contributed by atoms with Crippen molar-refractivity contribution in [3.63, 3.8) is 0 Å². The number of methoxy groups -OCH3 is 2. The summed E-state index contributed by atoms with van der Waals surface area (Å²) in [6, 6.07) is 12.8. The van der Waals surface area contributed by atoms with Crippen molar-refractivity contribution in [2.45, 2.75) is 24.0 Å². The zero-order valence-corrected chi connectivity index (χ0v) is 18.6. The highest BCUT2D eigenvalue weighted by Crippen LogP contribution is 2.39. The highest BCUT2D eigenvalue weighted by molar-refractivity contribution is 7.89. The second-order valence-electron chi connectivity index (χ2n) is 7.33. The van der Waals surface area contributed by atoms with Crippen molar-refractivity contribution in [3.05, 3.63) is 54.1 Å². The van der Waals surface area contributed by atoms with Gasteiger partial charge in [-0.2, -0.15) is 4.31 Å². The van der Waals surface area contributed by atoms with E-state index in [1.165, 1.54) is 28.4 Å². The molecule has 0 spiro atoms. The smallest absolute Gasteiger partial charge is 0.321 e. The lowest BCUT2D eigenvalue weighted by Crippen LogP contribution is -2.44. The van der Waals surface area contributed by atoms with Crippen molar-refractivity contribution in [2.75, 3.05) is 34.9 Å². The Labute approximate surface area is 177 Å². The first-order chi connectivity index (χ1) is 14.2. The Hall–Kier alpha value is -2.78. The summed E-state index contributed by atoms with van der Waals surface area (Å²) in [5.41, 5.74) is 0.687. The van der Waals surface area contributed by atoms with Gasteiger partial charge in [-0.1, -0.05) is 12.1 Å². The molecule has 2 unspecified atom stereocenters. The number of hydrogen-bond acceptors (Lipinski definition) is 5. The third kappa shape index (κ3) is 3.95. The minimum Gasteiger partial charge on any atom is -0.497 e. The van der Waals surface area contributed by atoms with Gasteiger partial charge >= 0.3 is 6.03 Å². The van der Waals surface area contributed by atoms with E-state index in [2.05, 4.69) is 0 Å². The fourth-order valence-corrected chi connectivity index (χ4v) is 5.22. The van der Waals surface area contributed by atoms with Gasteiger partial charge in [0.05, 0.1) is 19.1 Å². The molecule has 0 bridgehead atoms. The molecule has 162 valence electrons. The predicted molar refractivity (Wildman–Crippen MR) is 113 cm³/mol. The molecule has 2 aromatic rings. The summed E-state index contributed by atoms with van der Waals surface area (Å²) in [5.74, 6) is 1.22. The highest BCUT2D eigenvalue weighted by Gasteiger charge is 2.47. The number of hydrogen-bond donors (Lipinski definition) is 0. The molecule has 1 heterocycles. The van der Waals surface area contributed by atoms with Gasteiger partial charge in [0, 0.05) is 26.7 Å². The second kappa shape index (κ2) is 8.53. The van der Waals surface area contributed by atoms with Gasteiger partial charge < -0.3 is 14.4 Å². The Morgan fingerprint density at radius 1 is 0.967 bits per heavy atom. The van der Waals surface area contributed by atoms with E-state index in [1.807, 2.05) is 6.92 Å².